The molecule has 1 aliphatic rings. The predicted molar refractivity (Wildman–Crippen MR) is 103 cm³/mol. The standard InChI is InChI=1S/C21H34N2O2/c1-16(2)18-9-11-19(12-10-18)25-17(3)20(24)22-15-21(23(4)5)13-7-6-8-14-21/h9-12,16-17H,6-8,13-15H2,1-5H3,(H,22,24). The number of benzene rings is 1. The van der Waals surface area contributed by atoms with Crippen LogP contribution in [0.3, 0.4) is 0 Å². The third-order valence-electron chi connectivity index (χ3n) is 5.55. The summed E-state index contributed by atoms with van der Waals surface area (Å²) in [5.74, 6) is 1.19. The number of nitrogens with one attached hydrogen (secondary N) is 1. The Morgan fingerprint density at radius 3 is 2.24 bits per heavy atom. The number of amides is 1. The number of rotatable bonds is 7. The van der Waals surface area contributed by atoms with Crippen molar-refractivity contribution in [2.45, 2.75) is 70.4 Å². The SMILES string of the molecule is CC(Oc1ccc(C(C)C)cc1)C(=O)NCC1(N(C)C)CCCCC1. The fourth-order valence-electron chi connectivity index (χ4n) is 3.58. The maximum Gasteiger partial charge on any atom is 0.260 e. The topological polar surface area (TPSA) is 41.6 Å². The van der Waals surface area contributed by atoms with Crippen molar-refractivity contribution in [1.29, 1.82) is 0 Å². The molecule has 1 aromatic carbocycles. The molecule has 1 unspecified atom stereocenters. The molecule has 4 nitrogen and oxygen atoms in total. The highest BCUT2D eigenvalue weighted by atomic mass is 16.5. The molecular weight excluding hydrogens is 312 g/mol. The molecule has 1 fully saturated rings. The van der Waals surface area contributed by atoms with E-state index in [0.29, 0.717) is 12.5 Å². The summed E-state index contributed by atoms with van der Waals surface area (Å²) in [6.45, 7) is 6.84. The molecule has 25 heavy (non-hydrogen) atoms. The van der Waals surface area contributed by atoms with E-state index in [4.69, 9.17) is 4.74 Å². The quantitative estimate of drug-likeness (QED) is 0.812. The van der Waals surface area contributed by atoms with Gasteiger partial charge >= 0.3 is 0 Å². The van der Waals surface area contributed by atoms with Gasteiger partial charge in [0.2, 0.25) is 0 Å². The van der Waals surface area contributed by atoms with Crippen LogP contribution in [0.25, 0.3) is 0 Å². The monoisotopic (exact) mass is 346 g/mol. The van der Waals surface area contributed by atoms with Gasteiger partial charge in [0.15, 0.2) is 6.10 Å². The van der Waals surface area contributed by atoms with Crippen molar-refractivity contribution in [2.24, 2.45) is 0 Å². The van der Waals surface area contributed by atoms with E-state index in [1.165, 1.54) is 24.8 Å². The molecule has 2 rings (SSSR count). The van der Waals surface area contributed by atoms with Crippen LogP contribution >= 0.6 is 0 Å². The molecule has 0 saturated heterocycles. The maximum absolute atomic E-state index is 12.5. The van der Waals surface area contributed by atoms with Crippen LogP contribution in [-0.4, -0.2) is 43.1 Å². The minimum Gasteiger partial charge on any atom is -0.481 e. The molecule has 0 aliphatic heterocycles. The second kappa shape index (κ2) is 8.70. The zero-order chi connectivity index (χ0) is 18.4. The smallest absolute Gasteiger partial charge is 0.260 e. The summed E-state index contributed by atoms with van der Waals surface area (Å²) >= 11 is 0. The van der Waals surface area contributed by atoms with Gasteiger partial charge in [0.1, 0.15) is 5.75 Å². The first-order valence-electron chi connectivity index (χ1n) is 9.56. The zero-order valence-corrected chi connectivity index (χ0v) is 16.5. The van der Waals surface area contributed by atoms with Crippen LogP contribution in [0.1, 0.15) is 64.4 Å². The van der Waals surface area contributed by atoms with Gasteiger partial charge in [-0.2, -0.15) is 0 Å². The summed E-state index contributed by atoms with van der Waals surface area (Å²) in [6.07, 6.45) is 5.57. The molecule has 1 N–H and O–H groups in total. The Bertz CT molecular complexity index is 546. The van der Waals surface area contributed by atoms with Crippen molar-refractivity contribution < 1.29 is 9.53 Å². The summed E-state index contributed by atoms with van der Waals surface area (Å²) in [7, 11) is 4.24. The molecule has 140 valence electrons. The van der Waals surface area contributed by atoms with Gasteiger partial charge < -0.3 is 15.0 Å². The van der Waals surface area contributed by atoms with Gasteiger partial charge in [-0.25, -0.2) is 0 Å². The lowest BCUT2D eigenvalue weighted by Crippen LogP contribution is -2.55. The third-order valence-corrected chi connectivity index (χ3v) is 5.55. The number of likely N-dealkylation sites (N-methyl/N-ethyl adjacent to an activating group) is 1. The summed E-state index contributed by atoms with van der Waals surface area (Å²) < 4.78 is 5.82. The average Bonchev–Trinajstić information content (AvgIpc) is 2.60. The van der Waals surface area contributed by atoms with E-state index in [2.05, 4.69) is 50.3 Å². The van der Waals surface area contributed by atoms with Crippen molar-refractivity contribution in [3.63, 3.8) is 0 Å². The first-order valence-corrected chi connectivity index (χ1v) is 9.56. The number of hydrogen-bond acceptors (Lipinski definition) is 3. The number of nitrogens with zero attached hydrogens (tertiary/aromatic N) is 1. The van der Waals surface area contributed by atoms with Gasteiger partial charge in [-0.1, -0.05) is 45.2 Å². The Kier molecular flexibility index (Phi) is 6.88. The van der Waals surface area contributed by atoms with E-state index >= 15 is 0 Å². The predicted octanol–water partition coefficient (Wildman–Crippen LogP) is 3.96. The molecule has 1 aromatic rings. The zero-order valence-electron chi connectivity index (χ0n) is 16.5. The van der Waals surface area contributed by atoms with Crippen LogP contribution in [0.15, 0.2) is 24.3 Å². The van der Waals surface area contributed by atoms with Crippen LogP contribution < -0.4 is 10.1 Å². The Morgan fingerprint density at radius 1 is 1.12 bits per heavy atom. The molecule has 1 aliphatic carbocycles. The minimum atomic E-state index is -0.493. The normalized spacial score (nSPS) is 18.2. The van der Waals surface area contributed by atoms with Crippen molar-refractivity contribution in [1.82, 2.24) is 10.2 Å². The summed E-state index contributed by atoms with van der Waals surface area (Å²) in [6, 6.07) is 8.02. The highest BCUT2D eigenvalue weighted by molar-refractivity contribution is 5.80. The van der Waals surface area contributed by atoms with Gasteiger partial charge in [0.05, 0.1) is 0 Å². The lowest BCUT2D eigenvalue weighted by Gasteiger charge is -2.43. The van der Waals surface area contributed by atoms with Gasteiger partial charge in [0.25, 0.3) is 5.91 Å². The lowest BCUT2D eigenvalue weighted by atomic mass is 9.80. The van der Waals surface area contributed by atoms with Crippen molar-refractivity contribution in [3.8, 4) is 5.75 Å². The molecular formula is C21H34N2O2. The van der Waals surface area contributed by atoms with E-state index in [1.54, 1.807) is 0 Å². The van der Waals surface area contributed by atoms with E-state index in [-0.39, 0.29) is 11.4 Å². The number of carbonyl (C=O) groups is 1. The van der Waals surface area contributed by atoms with Crippen molar-refractivity contribution >= 4 is 5.91 Å². The molecule has 0 spiro atoms. The summed E-state index contributed by atoms with van der Waals surface area (Å²) in [5, 5.41) is 3.12. The molecule has 1 saturated carbocycles. The van der Waals surface area contributed by atoms with Crippen LogP contribution in [0.2, 0.25) is 0 Å². The molecule has 1 amide bonds. The molecule has 0 heterocycles. The number of carbonyl (C=O) groups excluding carboxylic acids is 1. The molecule has 4 heteroatoms. The van der Waals surface area contributed by atoms with E-state index in [0.717, 1.165) is 18.6 Å². The van der Waals surface area contributed by atoms with Gasteiger partial charge in [0, 0.05) is 12.1 Å². The van der Waals surface area contributed by atoms with E-state index < -0.39 is 6.10 Å². The molecule has 0 aromatic heterocycles. The Hall–Kier alpha value is -1.55. The second-order valence-corrected chi connectivity index (χ2v) is 7.88. The molecule has 1 atom stereocenters. The average molecular weight is 347 g/mol. The number of ether oxygens (including phenoxy) is 1. The van der Waals surface area contributed by atoms with E-state index in [9.17, 15) is 4.79 Å². The van der Waals surface area contributed by atoms with Gasteiger partial charge in [-0.05, 0) is 57.5 Å². The fraction of sp³-hybridized carbons (Fsp3) is 0.667. The van der Waals surface area contributed by atoms with Gasteiger partial charge in [-0.3, -0.25) is 4.79 Å². The number of hydrogen-bond donors (Lipinski definition) is 1. The summed E-state index contributed by atoms with van der Waals surface area (Å²) in [5.41, 5.74) is 1.36. The van der Waals surface area contributed by atoms with E-state index in [1.807, 2.05) is 19.1 Å². The highest BCUT2D eigenvalue weighted by Gasteiger charge is 2.34. The van der Waals surface area contributed by atoms with Crippen LogP contribution in [0, 0.1) is 0 Å². The largest absolute Gasteiger partial charge is 0.481 e. The van der Waals surface area contributed by atoms with Gasteiger partial charge in [-0.15, -0.1) is 0 Å². The Morgan fingerprint density at radius 2 is 1.72 bits per heavy atom. The molecule has 0 radical (unpaired) electrons. The fourth-order valence-corrected chi connectivity index (χ4v) is 3.58. The Balaban J connectivity index is 1.89. The summed E-state index contributed by atoms with van der Waals surface area (Å²) in [4.78, 5) is 14.8. The van der Waals surface area contributed by atoms with Crippen molar-refractivity contribution in [2.75, 3.05) is 20.6 Å². The first-order chi connectivity index (χ1) is 11.8. The van der Waals surface area contributed by atoms with Crippen LogP contribution in [-0.2, 0) is 4.79 Å². The minimum absolute atomic E-state index is 0.0419. The molecule has 0 bridgehead atoms. The second-order valence-electron chi connectivity index (χ2n) is 7.88. The van der Waals surface area contributed by atoms with Crippen molar-refractivity contribution in [3.05, 3.63) is 29.8 Å². The van der Waals surface area contributed by atoms with Crippen LogP contribution in [0.5, 0.6) is 5.75 Å². The van der Waals surface area contributed by atoms with Crippen LogP contribution in [0.4, 0.5) is 0 Å². The Labute approximate surface area is 152 Å². The third kappa shape index (κ3) is 5.21. The first kappa shape index (κ1) is 19.8. The maximum atomic E-state index is 12.5. The lowest BCUT2D eigenvalue weighted by molar-refractivity contribution is -0.128. The highest BCUT2D eigenvalue weighted by Crippen LogP contribution is 2.31.